The summed E-state index contributed by atoms with van der Waals surface area (Å²) >= 11 is 0. The summed E-state index contributed by atoms with van der Waals surface area (Å²) in [6.07, 6.45) is 0.731. The number of rotatable bonds is 3. The molecule has 0 aromatic carbocycles. The molecule has 0 spiro atoms. The topological polar surface area (TPSA) is 41.5 Å². The van der Waals surface area contributed by atoms with E-state index in [1.165, 1.54) is 0 Å². The van der Waals surface area contributed by atoms with Gasteiger partial charge in [0.05, 0.1) is 12.7 Å². The van der Waals surface area contributed by atoms with Crippen molar-refractivity contribution >= 4 is 0 Å². The van der Waals surface area contributed by atoms with Gasteiger partial charge >= 0.3 is 0 Å². The molecule has 3 heteroatoms. The first-order chi connectivity index (χ1) is 5.99. The summed E-state index contributed by atoms with van der Waals surface area (Å²) in [5.74, 6) is 0.329. The second kappa shape index (κ2) is 4.40. The third-order valence-electron chi connectivity index (χ3n) is 2.35. The molecule has 0 amide bonds. The van der Waals surface area contributed by atoms with Gasteiger partial charge in [0.1, 0.15) is 0 Å². The molecule has 0 saturated carbocycles. The van der Waals surface area contributed by atoms with Gasteiger partial charge in [0.2, 0.25) is 0 Å². The fraction of sp³-hybridized carbons (Fsp3) is 1.00. The van der Waals surface area contributed by atoms with Gasteiger partial charge in [-0.25, -0.2) is 0 Å². The molecule has 0 aromatic heterocycles. The average Bonchev–Trinajstić information content (AvgIpc) is 2.50. The van der Waals surface area contributed by atoms with E-state index in [0.717, 1.165) is 13.0 Å². The van der Waals surface area contributed by atoms with Crippen molar-refractivity contribution in [3.63, 3.8) is 0 Å². The molecule has 1 rings (SSSR count). The molecule has 1 fully saturated rings. The Morgan fingerprint density at radius 2 is 2.23 bits per heavy atom. The molecule has 2 N–H and O–H groups in total. The fourth-order valence-electron chi connectivity index (χ4n) is 1.43. The molecule has 13 heavy (non-hydrogen) atoms. The highest BCUT2D eigenvalue weighted by atomic mass is 16.5. The van der Waals surface area contributed by atoms with Gasteiger partial charge in [0, 0.05) is 24.6 Å². The minimum atomic E-state index is -0.262. The predicted molar refractivity (Wildman–Crippen MR) is 52.7 cm³/mol. The Morgan fingerprint density at radius 3 is 2.69 bits per heavy atom. The van der Waals surface area contributed by atoms with Crippen LogP contribution in [0.2, 0.25) is 0 Å². The van der Waals surface area contributed by atoms with Crippen LogP contribution < -0.4 is 5.32 Å². The van der Waals surface area contributed by atoms with Crippen LogP contribution in [0.4, 0.5) is 0 Å². The molecule has 0 bridgehead atoms. The molecule has 1 aliphatic heterocycles. The highest BCUT2D eigenvalue weighted by molar-refractivity contribution is 4.78. The second-order valence-electron chi connectivity index (χ2n) is 4.82. The Morgan fingerprint density at radius 1 is 1.54 bits per heavy atom. The molecule has 0 aromatic rings. The zero-order chi connectivity index (χ0) is 9.90. The normalized spacial score (nSPS) is 26.3. The summed E-state index contributed by atoms with van der Waals surface area (Å²) in [6.45, 7) is 8.49. The molecule has 2 atom stereocenters. The number of aliphatic hydroxyl groups excluding tert-OH is 1. The number of hydrogen-bond donors (Lipinski definition) is 2. The Bertz CT molecular complexity index is 147. The minimum absolute atomic E-state index is 0.0838. The van der Waals surface area contributed by atoms with Crippen molar-refractivity contribution in [3.05, 3.63) is 0 Å². The van der Waals surface area contributed by atoms with Gasteiger partial charge in [-0.1, -0.05) is 0 Å². The summed E-state index contributed by atoms with van der Waals surface area (Å²) in [5.41, 5.74) is 0.0838. The van der Waals surface area contributed by atoms with Crippen LogP contribution in [0.5, 0.6) is 0 Å². The van der Waals surface area contributed by atoms with Gasteiger partial charge in [-0.3, -0.25) is 0 Å². The Hall–Kier alpha value is -0.120. The van der Waals surface area contributed by atoms with Crippen LogP contribution in [0.3, 0.4) is 0 Å². The summed E-state index contributed by atoms with van der Waals surface area (Å²) in [5, 5.41) is 13.1. The summed E-state index contributed by atoms with van der Waals surface area (Å²) in [7, 11) is 0. The first kappa shape index (κ1) is 11.0. The number of aliphatic hydroxyl groups is 1. The summed E-state index contributed by atoms with van der Waals surface area (Å²) < 4.78 is 5.22. The molecule has 2 unspecified atom stereocenters. The molecule has 78 valence electrons. The first-order valence-corrected chi connectivity index (χ1v) is 5.00. The summed E-state index contributed by atoms with van der Waals surface area (Å²) in [4.78, 5) is 0. The van der Waals surface area contributed by atoms with E-state index >= 15 is 0 Å². The smallest absolute Gasteiger partial charge is 0.0715 e. The van der Waals surface area contributed by atoms with Crippen molar-refractivity contribution in [2.75, 3.05) is 19.8 Å². The largest absolute Gasteiger partial charge is 0.391 e. The first-order valence-electron chi connectivity index (χ1n) is 5.00. The van der Waals surface area contributed by atoms with Crippen molar-refractivity contribution < 1.29 is 9.84 Å². The maximum atomic E-state index is 9.77. The quantitative estimate of drug-likeness (QED) is 0.686. The molecule has 1 heterocycles. The second-order valence-corrected chi connectivity index (χ2v) is 4.82. The van der Waals surface area contributed by atoms with E-state index in [9.17, 15) is 5.11 Å². The number of nitrogens with one attached hydrogen (secondary N) is 1. The Balaban J connectivity index is 2.20. The predicted octanol–water partition coefficient (Wildman–Crippen LogP) is 0.772. The van der Waals surface area contributed by atoms with Gasteiger partial charge in [-0.15, -0.1) is 0 Å². The Labute approximate surface area is 80.5 Å². The van der Waals surface area contributed by atoms with Crippen molar-refractivity contribution in [2.24, 2.45) is 5.92 Å². The van der Waals surface area contributed by atoms with Crippen molar-refractivity contribution in [3.8, 4) is 0 Å². The van der Waals surface area contributed by atoms with Gasteiger partial charge in [-0.05, 0) is 27.2 Å². The maximum Gasteiger partial charge on any atom is 0.0715 e. The SMILES string of the molecule is CC(C)(C)NCC(O)C1CCOC1. The zero-order valence-corrected chi connectivity index (χ0v) is 8.84. The standard InChI is InChI=1S/C10H21NO2/c1-10(2,3)11-6-9(12)8-4-5-13-7-8/h8-9,11-12H,4-7H2,1-3H3. The highest BCUT2D eigenvalue weighted by Gasteiger charge is 2.24. The van der Waals surface area contributed by atoms with E-state index in [-0.39, 0.29) is 11.6 Å². The zero-order valence-electron chi connectivity index (χ0n) is 8.84. The van der Waals surface area contributed by atoms with Crippen LogP contribution in [0.15, 0.2) is 0 Å². The van der Waals surface area contributed by atoms with Gasteiger partial charge in [-0.2, -0.15) is 0 Å². The van der Waals surface area contributed by atoms with Crippen LogP contribution in [-0.2, 0) is 4.74 Å². The van der Waals surface area contributed by atoms with Gasteiger partial charge in [0.15, 0.2) is 0 Å². The van der Waals surface area contributed by atoms with Crippen LogP contribution >= 0.6 is 0 Å². The van der Waals surface area contributed by atoms with E-state index in [4.69, 9.17) is 4.74 Å². The number of hydrogen-bond acceptors (Lipinski definition) is 3. The third-order valence-corrected chi connectivity index (χ3v) is 2.35. The summed E-state index contributed by atoms with van der Waals surface area (Å²) in [6, 6.07) is 0. The van der Waals surface area contributed by atoms with Crippen LogP contribution in [0, 0.1) is 5.92 Å². The number of ether oxygens (including phenoxy) is 1. The lowest BCUT2D eigenvalue weighted by Gasteiger charge is -2.24. The average molecular weight is 187 g/mol. The molecular formula is C10H21NO2. The maximum absolute atomic E-state index is 9.77. The fourth-order valence-corrected chi connectivity index (χ4v) is 1.43. The van der Waals surface area contributed by atoms with Gasteiger partial charge in [0.25, 0.3) is 0 Å². The van der Waals surface area contributed by atoms with E-state index in [0.29, 0.717) is 19.1 Å². The van der Waals surface area contributed by atoms with Crippen molar-refractivity contribution in [1.29, 1.82) is 0 Å². The van der Waals surface area contributed by atoms with E-state index in [1.54, 1.807) is 0 Å². The van der Waals surface area contributed by atoms with Gasteiger partial charge < -0.3 is 15.2 Å². The molecular weight excluding hydrogens is 166 g/mol. The molecule has 0 radical (unpaired) electrons. The van der Waals surface area contributed by atoms with Crippen molar-refractivity contribution in [1.82, 2.24) is 5.32 Å². The molecule has 1 saturated heterocycles. The van der Waals surface area contributed by atoms with Crippen LogP contribution in [0.25, 0.3) is 0 Å². The number of β-amino-alcohol motifs (C(OH)–C–C–N with tert-alkyl or cyclic N) is 1. The Kier molecular flexibility index (Phi) is 3.71. The van der Waals surface area contributed by atoms with E-state index in [2.05, 4.69) is 26.1 Å². The monoisotopic (exact) mass is 187 g/mol. The van der Waals surface area contributed by atoms with Crippen molar-refractivity contribution in [2.45, 2.75) is 38.8 Å². The van der Waals surface area contributed by atoms with Crippen LogP contribution in [-0.4, -0.2) is 36.5 Å². The highest BCUT2D eigenvalue weighted by Crippen LogP contribution is 2.16. The molecule has 0 aliphatic carbocycles. The third kappa shape index (κ3) is 4.07. The molecule has 1 aliphatic rings. The molecule has 3 nitrogen and oxygen atoms in total. The minimum Gasteiger partial charge on any atom is -0.391 e. The van der Waals surface area contributed by atoms with E-state index in [1.807, 2.05) is 0 Å². The lowest BCUT2D eigenvalue weighted by Crippen LogP contribution is -2.43. The lowest BCUT2D eigenvalue weighted by molar-refractivity contribution is 0.0854. The van der Waals surface area contributed by atoms with E-state index < -0.39 is 0 Å². The lowest BCUT2D eigenvalue weighted by atomic mass is 10.0. The van der Waals surface area contributed by atoms with Crippen LogP contribution in [0.1, 0.15) is 27.2 Å².